The Morgan fingerprint density at radius 1 is 1.56 bits per heavy atom. The van der Waals surface area contributed by atoms with E-state index in [1.165, 1.54) is 12.4 Å². The van der Waals surface area contributed by atoms with E-state index < -0.39 is 0 Å². The van der Waals surface area contributed by atoms with Gasteiger partial charge in [-0.05, 0) is 20.3 Å². The molecule has 0 bridgehead atoms. The second kappa shape index (κ2) is 4.87. The number of nitrogens with one attached hydrogen (secondary N) is 2. The Labute approximate surface area is 105 Å². The molecule has 1 aromatic heterocycles. The van der Waals surface area contributed by atoms with Crippen LogP contribution in [0.25, 0.3) is 0 Å². The van der Waals surface area contributed by atoms with E-state index in [4.69, 9.17) is 10.6 Å². The maximum Gasteiger partial charge on any atom is 0.271 e. The zero-order chi connectivity index (χ0) is 13.2. The summed E-state index contributed by atoms with van der Waals surface area (Å²) in [7, 11) is 0. The summed E-state index contributed by atoms with van der Waals surface area (Å²) < 4.78 is 5.46. The Hall–Kier alpha value is -1.73. The molecule has 0 radical (unpaired) electrons. The summed E-state index contributed by atoms with van der Waals surface area (Å²) in [4.78, 5) is 20.0. The maximum absolute atomic E-state index is 12.0. The number of ether oxygens (including phenoxy) is 1. The summed E-state index contributed by atoms with van der Waals surface area (Å²) >= 11 is 0. The summed E-state index contributed by atoms with van der Waals surface area (Å²) in [6.07, 6.45) is 3.56. The number of aromatic nitrogens is 2. The van der Waals surface area contributed by atoms with Gasteiger partial charge in [0, 0.05) is 6.61 Å². The second-order valence-electron chi connectivity index (χ2n) is 4.57. The molecule has 18 heavy (non-hydrogen) atoms. The highest BCUT2D eigenvalue weighted by Crippen LogP contribution is 2.25. The van der Waals surface area contributed by atoms with E-state index in [0.717, 1.165) is 6.42 Å². The lowest BCUT2D eigenvalue weighted by atomic mass is 9.94. The molecule has 0 aliphatic carbocycles. The highest BCUT2D eigenvalue weighted by Gasteiger charge is 2.38. The zero-order valence-electron chi connectivity index (χ0n) is 10.4. The first kappa shape index (κ1) is 12.7. The first-order valence-corrected chi connectivity index (χ1v) is 5.78. The monoisotopic (exact) mass is 251 g/mol. The molecular formula is C11H17N5O2. The first-order chi connectivity index (χ1) is 8.55. The van der Waals surface area contributed by atoms with Crippen molar-refractivity contribution in [1.82, 2.24) is 15.3 Å². The van der Waals surface area contributed by atoms with Gasteiger partial charge < -0.3 is 15.5 Å². The smallest absolute Gasteiger partial charge is 0.271 e. The van der Waals surface area contributed by atoms with Gasteiger partial charge in [0.25, 0.3) is 5.91 Å². The number of rotatable bonds is 3. The summed E-state index contributed by atoms with van der Waals surface area (Å²) in [5.41, 5.74) is 2.26. The van der Waals surface area contributed by atoms with Crippen LogP contribution in [0.3, 0.4) is 0 Å². The van der Waals surface area contributed by atoms with Crippen LogP contribution in [0.15, 0.2) is 12.4 Å². The molecule has 1 aliphatic rings. The van der Waals surface area contributed by atoms with Crippen molar-refractivity contribution in [2.24, 2.45) is 5.84 Å². The van der Waals surface area contributed by atoms with Gasteiger partial charge in [-0.25, -0.2) is 15.8 Å². The second-order valence-corrected chi connectivity index (χ2v) is 4.57. The number of carbonyl (C=O) groups excluding carboxylic acids is 1. The van der Waals surface area contributed by atoms with Crippen LogP contribution in [-0.2, 0) is 4.74 Å². The Kier molecular flexibility index (Phi) is 3.44. The van der Waals surface area contributed by atoms with Gasteiger partial charge in [-0.2, -0.15) is 0 Å². The Morgan fingerprint density at radius 3 is 2.83 bits per heavy atom. The number of hydrogen-bond donors (Lipinski definition) is 3. The van der Waals surface area contributed by atoms with Gasteiger partial charge in [0.05, 0.1) is 24.0 Å². The van der Waals surface area contributed by atoms with E-state index in [1.54, 1.807) is 0 Å². The molecule has 2 rings (SSSR count). The summed E-state index contributed by atoms with van der Waals surface area (Å²) in [6, 6.07) is 0. The van der Waals surface area contributed by atoms with Crippen LogP contribution < -0.4 is 16.6 Å². The Bertz CT molecular complexity index is 436. The molecule has 1 fully saturated rings. The molecule has 2 atom stereocenters. The molecule has 0 aromatic carbocycles. The van der Waals surface area contributed by atoms with E-state index in [-0.39, 0.29) is 23.2 Å². The molecule has 1 saturated heterocycles. The van der Waals surface area contributed by atoms with Gasteiger partial charge in [-0.15, -0.1) is 0 Å². The summed E-state index contributed by atoms with van der Waals surface area (Å²) in [5.74, 6) is 5.33. The lowest BCUT2D eigenvalue weighted by Crippen LogP contribution is -2.50. The van der Waals surface area contributed by atoms with Crippen LogP contribution >= 0.6 is 0 Å². The van der Waals surface area contributed by atoms with Gasteiger partial charge in [-0.1, -0.05) is 0 Å². The molecule has 1 amide bonds. The quantitative estimate of drug-likeness (QED) is 0.518. The van der Waals surface area contributed by atoms with Crippen molar-refractivity contribution in [3.63, 3.8) is 0 Å². The van der Waals surface area contributed by atoms with Crippen LogP contribution in [0.2, 0.25) is 0 Å². The minimum Gasteiger partial charge on any atom is -0.376 e. The molecule has 2 heterocycles. The summed E-state index contributed by atoms with van der Waals surface area (Å²) in [6.45, 7) is 4.56. The molecule has 4 N–H and O–H groups in total. The molecule has 0 saturated carbocycles. The number of nitrogens with zero attached hydrogens (tertiary/aromatic N) is 2. The largest absolute Gasteiger partial charge is 0.376 e. The highest BCUT2D eigenvalue weighted by molar-refractivity contribution is 5.92. The number of nitrogens with two attached hydrogens (primary N) is 1. The minimum absolute atomic E-state index is 0.0145. The zero-order valence-corrected chi connectivity index (χ0v) is 10.4. The van der Waals surface area contributed by atoms with E-state index in [1.807, 2.05) is 13.8 Å². The predicted molar refractivity (Wildman–Crippen MR) is 65.7 cm³/mol. The number of hydrazine groups is 1. The van der Waals surface area contributed by atoms with E-state index >= 15 is 0 Å². The number of carbonyl (C=O) groups is 1. The van der Waals surface area contributed by atoms with Gasteiger partial charge in [-0.3, -0.25) is 4.79 Å². The topological polar surface area (TPSA) is 102 Å². The van der Waals surface area contributed by atoms with Crippen molar-refractivity contribution in [1.29, 1.82) is 0 Å². The lowest BCUT2D eigenvalue weighted by Gasteiger charge is -2.28. The third-order valence-electron chi connectivity index (χ3n) is 3.32. The molecular weight excluding hydrogens is 234 g/mol. The highest BCUT2D eigenvalue weighted by atomic mass is 16.5. The fraction of sp³-hybridized carbons (Fsp3) is 0.545. The van der Waals surface area contributed by atoms with Gasteiger partial charge in [0.2, 0.25) is 0 Å². The molecule has 7 heteroatoms. The van der Waals surface area contributed by atoms with Crippen molar-refractivity contribution < 1.29 is 9.53 Å². The fourth-order valence-electron chi connectivity index (χ4n) is 1.84. The first-order valence-electron chi connectivity index (χ1n) is 5.78. The normalized spacial score (nSPS) is 26.9. The van der Waals surface area contributed by atoms with Crippen LogP contribution in [0.5, 0.6) is 0 Å². The average Bonchev–Trinajstić information content (AvgIpc) is 2.69. The van der Waals surface area contributed by atoms with Crippen LogP contribution in [0.4, 0.5) is 5.82 Å². The molecule has 2 unspecified atom stereocenters. The van der Waals surface area contributed by atoms with Crippen molar-refractivity contribution in [2.75, 3.05) is 12.0 Å². The molecule has 1 aromatic rings. The van der Waals surface area contributed by atoms with E-state index in [0.29, 0.717) is 12.4 Å². The Morgan fingerprint density at radius 2 is 2.33 bits per heavy atom. The molecule has 0 spiro atoms. The van der Waals surface area contributed by atoms with Crippen molar-refractivity contribution in [3.8, 4) is 0 Å². The van der Waals surface area contributed by atoms with Crippen molar-refractivity contribution in [2.45, 2.75) is 31.9 Å². The van der Waals surface area contributed by atoms with Crippen LogP contribution in [0.1, 0.15) is 30.8 Å². The number of nitrogen functional groups attached to an aromatic ring is 1. The third-order valence-corrected chi connectivity index (χ3v) is 3.32. The van der Waals surface area contributed by atoms with Crippen molar-refractivity contribution in [3.05, 3.63) is 18.1 Å². The third kappa shape index (κ3) is 2.41. The maximum atomic E-state index is 12.0. The van der Waals surface area contributed by atoms with Crippen molar-refractivity contribution >= 4 is 11.7 Å². The fourth-order valence-corrected chi connectivity index (χ4v) is 1.84. The van der Waals surface area contributed by atoms with Gasteiger partial charge in [0.1, 0.15) is 5.69 Å². The standard InChI is InChI=1S/C11H17N5O2/c1-7-11(2,3-4-18-7)15-10(17)8-5-14-9(16-12)6-13-8/h5-7H,3-4,12H2,1-2H3,(H,14,16)(H,15,17). The SMILES string of the molecule is CC1OCCC1(C)NC(=O)c1cnc(NN)cn1. The Balaban J connectivity index is 2.07. The predicted octanol–water partition coefficient (Wildman–Crippen LogP) is 0.0595. The number of amides is 1. The summed E-state index contributed by atoms with van der Waals surface area (Å²) in [5, 5.41) is 2.94. The van der Waals surface area contributed by atoms with Gasteiger partial charge >= 0.3 is 0 Å². The number of anilines is 1. The van der Waals surface area contributed by atoms with Gasteiger partial charge in [0.15, 0.2) is 5.82 Å². The van der Waals surface area contributed by atoms with Crippen LogP contribution in [0, 0.1) is 0 Å². The molecule has 1 aliphatic heterocycles. The average molecular weight is 251 g/mol. The lowest BCUT2D eigenvalue weighted by molar-refractivity contribution is 0.0724. The minimum atomic E-state index is -0.358. The molecule has 7 nitrogen and oxygen atoms in total. The molecule has 98 valence electrons. The number of hydrogen-bond acceptors (Lipinski definition) is 6. The van der Waals surface area contributed by atoms with Crippen LogP contribution in [-0.4, -0.2) is 34.1 Å². The van der Waals surface area contributed by atoms with E-state index in [2.05, 4.69) is 20.7 Å². The van der Waals surface area contributed by atoms with E-state index in [9.17, 15) is 4.79 Å².